The molecule has 0 saturated heterocycles. The molecule has 0 fully saturated rings. The first kappa shape index (κ1) is 9.23. The van der Waals surface area contributed by atoms with Crippen LogP contribution in [0, 0.1) is 0 Å². The number of anilines is 1. The zero-order valence-electron chi connectivity index (χ0n) is 8.09. The van der Waals surface area contributed by atoms with E-state index in [-0.39, 0.29) is 0 Å². The summed E-state index contributed by atoms with van der Waals surface area (Å²) in [5.41, 5.74) is 6.96. The molecule has 0 aromatic carbocycles. The predicted octanol–water partition coefficient (Wildman–Crippen LogP) is 2.22. The minimum Gasteiger partial charge on any atom is -0.441 e. The molecule has 3 heterocycles. The molecule has 2 N–H and O–H groups in total. The largest absolute Gasteiger partial charge is 0.441 e. The number of aromatic nitrogens is 3. The Hall–Kier alpha value is -2.01. The normalized spacial score (nSPS) is 11.1. The summed E-state index contributed by atoms with van der Waals surface area (Å²) < 4.78 is 6.85. The predicted molar refractivity (Wildman–Crippen MR) is 60.1 cm³/mol. The van der Waals surface area contributed by atoms with Crippen molar-refractivity contribution in [3.8, 4) is 11.6 Å². The maximum absolute atomic E-state index is 5.69. The van der Waals surface area contributed by atoms with Crippen LogP contribution in [0.25, 0.3) is 17.2 Å². The van der Waals surface area contributed by atoms with Crippen molar-refractivity contribution in [2.24, 2.45) is 0 Å². The molecule has 0 amide bonds. The van der Waals surface area contributed by atoms with Crippen molar-refractivity contribution >= 4 is 22.9 Å². The lowest BCUT2D eigenvalue weighted by Crippen LogP contribution is -1.89. The number of nitrogen functional groups attached to an aromatic ring is 1. The van der Waals surface area contributed by atoms with E-state index < -0.39 is 0 Å². The lowest BCUT2D eigenvalue weighted by Gasteiger charge is -1.91. The van der Waals surface area contributed by atoms with Gasteiger partial charge in [-0.25, -0.2) is 9.50 Å². The highest BCUT2D eigenvalue weighted by Crippen LogP contribution is 2.22. The summed E-state index contributed by atoms with van der Waals surface area (Å²) in [6.07, 6.45) is 1.74. The molecule has 0 bridgehead atoms. The molecule has 0 unspecified atom stereocenters. The molecule has 3 aromatic rings. The van der Waals surface area contributed by atoms with Crippen LogP contribution in [0.3, 0.4) is 0 Å². The zero-order chi connectivity index (χ0) is 11.1. The van der Waals surface area contributed by atoms with Crippen molar-refractivity contribution in [2.45, 2.75) is 0 Å². The Kier molecular flexibility index (Phi) is 1.87. The van der Waals surface area contributed by atoms with Crippen molar-refractivity contribution < 1.29 is 4.42 Å². The molecule has 3 rings (SSSR count). The monoisotopic (exact) mass is 234 g/mol. The average Bonchev–Trinajstić information content (AvgIpc) is 2.83. The van der Waals surface area contributed by atoms with Gasteiger partial charge in [-0.05, 0) is 29.8 Å². The number of pyridine rings is 1. The number of nitrogens with two attached hydrogens (primary N) is 1. The third-order valence-electron chi connectivity index (χ3n) is 2.16. The molecule has 3 aromatic heterocycles. The van der Waals surface area contributed by atoms with E-state index >= 15 is 0 Å². The first-order valence-electron chi connectivity index (χ1n) is 4.60. The van der Waals surface area contributed by atoms with Gasteiger partial charge in [-0.15, -0.1) is 5.10 Å². The first-order chi connectivity index (χ1) is 7.72. The van der Waals surface area contributed by atoms with Crippen LogP contribution in [0.15, 0.2) is 34.9 Å². The maximum Gasteiger partial charge on any atom is 0.217 e. The highest BCUT2D eigenvalue weighted by atomic mass is 35.5. The fourth-order valence-corrected chi connectivity index (χ4v) is 1.58. The number of rotatable bonds is 1. The van der Waals surface area contributed by atoms with Crippen molar-refractivity contribution in [1.29, 1.82) is 0 Å². The highest BCUT2D eigenvalue weighted by molar-refractivity contribution is 6.28. The van der Waals surface area contributed by atoms with Gasteiger partial charge in [0, 0.05) is 18.0 Å². The van der Waals surface area contributed by atoms with E-state index in [1.807, 2.05) is 0 Å². The maximum atomic E-state index is 5.69. The van der Waals surface area contributed by atoms with E-state index in [0.29, 0.717) is 28.1 Å². The molecule has 6 heteroatoms. The van der Waals surface area contributed by atoms with Gasteiger partial charge in [0.25, 0.3) is 0 Å². The molecule has 0 aliphatic rings. The highest BCUT2D eigenvalue weighted by Gasteiger charge is 2.10. The summed E-state index contributed by atoms with van der Waals surface area (Å²) in [7, 11) is 0. The van der Waals surface area contributed by atoms with Crippen LogP contribution in [0.4, 0.5) is 5.69 Å². The Balaban J connectivity index is 2.18. The number of nitrogens with zero attached hydrogens (tertiary/aromatic N) is 3. The third-order valence-corrected chi connectivity index (χ3v) is 2.36. The number of hydrogen-bond acceptors (Lipinski definition) is 4. The lowest BCUT2D eigenvalue weighted by atomic mass is 10.4. The van der Waals surface area contributed by atoms with Crippen LogP contribution in [-0.2, 0) is 0 Å². The van der Waals surface area contributed by atoms with Gasteiger partial charge < -0.3 is 10.2 Å². The fourth-order valence-electron chi connectivity index (χ4n) is 1.44. The molecule has 0 aliphatic carbocycles. The number of furan rings is 1. The van der Waals surface area contributed by atoms with Gasteiger partial charge in [-0.1, -0.05) is 0 Å². The smallest absolute Gasteiger partial charge is 0.217 e. The van der Waals surface area contributed by atoms with Crippen LogP contribution >= 0.6 is 11.6 Å². The lowest BCUT2D eigenvalue weighted by molar-refractivity contribution is 0.579. The number of hydrogen-bond donors (Lipinski definition) is 1. The number of halogens is 1. The fraction of sp³-hybridized carbons (Fsp3) is 0. The van der Waals surface area contributed by atoms with E-state index in [9.17, 15) is 0 Å². The Labute approximate surface area is 95.5 Å². The second-order valence-electron chi connectivity index (χ2n) is 3.30. The molecule has 0 radical (unpaired) electrons. The molecule has 16 heavy (non-hydrogen) atoms. The standard InChI is InChI=1S/C10H7ClN4O/c11-8-2-1-7(16-8)10-13-9-5-6(12)3-4-15(9)14-10/h1-5H,12H2. The van der Waals surface area contributed by atoms with Gasteiger partial charge in [0.05, 0.1) is 0 Å². The molecular weight excluding hydrogens is 228 g/mol. The van der Waals surface area contributed by atoms with Crippen LogP contribution in [0.5, 0.6) is 0 Å². The molecule has 0 atom stereocenters. The summed E-state index contributed by atoms with van der Waals surface area (Å²) in [5, 5.41) is 4.55. The van der Waals surface area contributed by atoms with Gasteiger partial charge in [-0.2, -0.15) is 0 Å². The van der Waals surface area contributed by atoms with E-state index in [0.717, 1.165) is 0 Å². The van der Waals surface area contributed by atoms with Crippen molar-refractivity contribution in [3.63, 3.8) is 0 Å². The van der Waals surface area contributed by atoms with Gasteiger partial charge in [0.15, 0.2) is 16.6 Å². The van der Waals surface area contributed by atoms with Crippen LogP contribution in [0.2, 0.25) is 5.22 Å². The van der Waals surface area contributed by atoms with Crippen molar-refractivity contribution in [1.82, 2.24) is 14.6 Å². The van der Waals surface area contributed by atoms with Gasteiger partial charge >= 0.3 is 0 Å². The SMILES string of the molecule is Nc1ccn2nc(-c3ccc(Cl)o3)nc2c1. The molecule has 0 saturated carbocycles. The molecule has 5 nitrogen and oxygen atoms in total. The molecular formula is C10H7ClN4O. The Bertz CT molecular complexity index is 658. The third kappa shape index (κ3) is 1.42. The minimum atomic E-state index is 0.313. The minimum absolute atomic E-state index is 0.313. The first-order valence-corrected chi connectivity index (χ1v) is 4.98. The molecule has 0 spiro atoms. The average molecular weight is 235 g/mol. The topological polar surface area (TPSA) is 69.3 Å². The van der Waals surface area contributed by atoms with E-state index in [2.05, 4.69) is 10.1 Å². The summed E-state index contributed by atoms with van der Waals surface area (Å²) >= 11 is 5.69. The Morgan fingerprint density at radius 1 is 1.31 bits per heavy atom. The van der Waals surface area contributed by atoms with Crippen LogP contribution in [0.1, 0.15) is 0 Å². The Morgan fingerprint density at radius 2 is 2.19 bits per heavy atom. The quantitative estimate of drug-likeness (QED) is 0.701. The number of fused-ring (bicyclic) bond motifs is 1. The van der Waals surface area contributed by atoms with Gasteiger partial charge in [0.1, 0.15) is 0 Å². The van der Waals surface area contributed by atoms with E-state index in [1.165, 1.54) is 0 Å². The van der Waals surface area contributed by atoms with Crippen LogP contribution < -0.4 is 5.73 Å². The van der Waals surface area contributed by atoms with E-state index in [4.69, 9.17) is 21.8 Å². The van der Waals surface area contributed by atoms with Gasteiger partial charge in [-0.3, -0.25) is 0 Å². The molecule has 0 aliphatic heterocycles. The summed E-state index contributed by atoms with van der Waals surface area (Å²) in [6.45, 7) is 0. The summed E-state index contributed by atoms with van der Waals surface area (Å²) in [5.74, 6) is 1.02. The summed E-state index contributed by atoms with van der Waals surface area (Å²) in [6, 6.07) is 6.86. The van der Waals surface area contributed by atoms with E-state index in [1.54, 1.807) is 35.0 Å². The van der Waals surface area contributed by atoms with Crippen molar-refractivity contribution in [3.05, 3.63) is 35.7 Å². The summed E-state index contributed by atoms with van der Waals surface area (Å²) in [4.78, 5) is 4.28. The Morgan fingerprint density at radius 3 is 2.94 bits per heavy atom. The second kappa shape index (κ2) is 3.24. The second-order valence-corrected chi connectivity index (χ2v) is 3.67. The molecule has 80 valence electrons. The van der Waals surface area contributed by atoms with Crippen LogP contribution in [-0.4, -0.2) is 14.6 Å². The van der Waals surface area contributed by atoms with Gasteiger partial charge in [0.2, 0.25) is 5.82 Å². The zero-order valence-corrected chi connectivity index (χ0v) is 8.85. The van der Waals surface area contributed by atoms with Crippen molar-refractivity contribution in [2.75, 3.05) is 5.73 Å².